The lowest BCUT2D eigenvalue weighted by molar-refractivity contribution is -0.114. The standard InChI is InChI=1S/C24H26N2O4/c1-2-28-23-10-6-7-20(17-23)26-24(27)18-25-19-11-13-22(14-12-19)30-16-15-29-21-8-4-3-5-9-21/h3-14,17,25H,2,15-16,18H2,1H3,(H,26,27). The van der Waals surface area contributed by atoms with Crippen molar-refractivity contribution >= 4 is 17.3 Å². The van der Waals surface area contributed by atoms with E-state index in [1.807, 2.05) is 79.7 Å². The Labute approximate surface area is 176 Å². The first-order valence-corrected chi connectivity index (χ1v) is 9.90. The summed E-state index contributed by atoms with van der Waals surface area (Å²) in [4.78, 5) is 12.2. The van der Waals surface area contributed by atoms with E-state index in [2.05, 4.69) is 10.6 Å². The predicted octanol–water partition coefficient (Wildman–Crippen LogP) is 4.59. The number of hydrogen-bond acceptors (Lipinski definition) is 5. The van der Waals surface area contributed by atoms with E-state index in [1.54, 1.807) is 6.07 Å². The smallest absolute Gasteiger partial charge is 0.243 e. The molecule has 0 aliphatic heterocycles. The minimum atomic E-state index is -0.137. The van der Waals surface area contributed by atoms with E-state index in [0.717, 1.165) is 22.9 Å². The molecule has 6 heteroatoms. The fraction of sp³-hybridized carbons (Fsp3) is 0.208. The van der Waals surface area contributed by atoms with Gasteiger partial charge in [-0.15, -0.1) is 0 Å². The molecule has 0 aliphatic carbocycles. The van der Waals surface area contributed by atoms with Crippen LogP contribution in [-0.2, 0) is 4.79 Å². The molecular formula is C24H26N2O4. The molecule has 0 unspecified atom stereocenters. The van der Waals surface area contributed by atoms with E-state index in [0.29, 0.717) is 25.5 Å². The van der Waals surface area contributed by atoms with Gasteiger partial charge in [0.1, 0.15) is 30.5 Å². The number of ether oxygens (including phenoxy) is 3. The quantitative estimate of drug-likeness (QED) is 0.456. The molecule has 0 fully saturated rings. The average Bonchev–Trinajstić information content (AvgIpc) is 2.77. The van der Waals surface area contributed by atoms with Gasteiger partial charge in [0.25, 0.3) is 0 Å². The van der Waals surface area contributed by atoms with Crippen LogP contribution in [0, 0.1) is 0 Å². The molecule has 0 saturated heterocycles. The summed E-state index contributed by atoms with van der Waals surface area (Å²) in [5.41, 5.74) is 1.54. The third kappa shape index (κ3) is 7.05. The van der Waals surface area contributed by atoms with Crippen LogP contribution in [0.15, 0.2) is 78.9 Å². The first-order chi connectivity index (χ1) is 14.7. The molecule has 0 spiro atoms. The molecule has 0 aromatic heterocycles. The van der Waals surface area contributed by atoms with Crippen LogP contribution in [-0.4, -0.2) is 32.3 Å². The first-order valence-electron chi connectivity index (χ1n) is 9.90. The van der Waals surface area contributed by atoms with Crippen molar-refractivity contribution in [3.63, 3.8) is 0 Å². The van der Waals surface area contributed by atoms with E-state index >= 15 is 0 Å². The van der Waals surface area contributed by atoms with Crippen LogP contribution in [0.1, 0.15) is 6.92 Å². The summed E-state index contributed by atoms with van der Waals surface area (Å²) in [5, 5.41) is 5.95. The van der Waals surface area contributed by atoms with Gasteiger partial charge >= 0.3 is 0 Å². The zero-order valence-corrected chi connectivity index (χ0v) is 17.0. The van der Waals surface area contributed by atoms with Gasteiger partial charge in [0.15, 0.2) is 0 Å². The van der Waals surface area contributed by atoms with Crippen LogP contribution in [0.3, 0.4) is 0 Å². The molecule has 1 amide bonds. The Morgan fingerprint density at radius 3 is 2.10 bits per heavy atom. The van der Waals surface area contributed by atoms with E-state index in [4.69, 9.17) is 14.2 Å². The number of carbonyl (C=O) groups is 1. The van der Waals surface area contributed by atoms with Gasteiger partial charge < -0.3 is 24.8 Å². The van der Waals surface area contributed by atoms with Crippen LogP contribution in [0.4, 0.5) is 11.4 Å². The second kappa shape index (κ2) is 11.4. The summed E-state index contributed by atoms with van der Waals surface area (Å²) in [6.45, 7) is 3.58. The highest BCUT2D eigenvalue weighted by Crippen LogP contribution is 2.18. The van der Waals surface area contributed by atoms with E-state index in [9.17, 15) is 4.79 Å². The molecule has 2 N–H and O–H groups in total. The number of benzene rings is 3. The van der Waals surface area contributed by atoms with Crippen molar-refractivity contribution in [3.8, 4) is 17.2 Å². The summed E-state index contributed by atoms with van der Waals surface area (Å²) >= 11 is 0. The van der Waals surface area contributed by atoms with Gasteiger partial charge in [0, 0.05) is 17.4 Å². The van der Waals surface area contributed by atoms with Crippen LogP contribution in [0.2, 0.25) is 0 Å². The van der Waals surface area contributed by atoms with Crippen molar-refractivity contribution in [3.05, 3.63) is 78.9 Å². The second-order valence-electron chi connectivity index (χ2n) is 6.40. The Kier molecular flexibility index (Phi) is 7.97. The summed E-state index contributed by atoms with van der Waals surface area (Å²) in [6, 6.07) is 24.4. The number of nitrogens with one attached hydrogen (secondary N) is 2. The Balaban J connectivity index is 1.37. The van der Waals surface area contributed by atoms with E-state index in [-0.39, 0.29) is 12.5 Å². The van der Waals surface area contributed by atoms with Gasteiger partial charge in [-0.05, 0) is 55.5 Å². The van der Waals surface area contributed by atoms with Crippen molar-refractivity contribution in [2.45, 2.75) is 6.92 Å². The number of para-hydroxylation sites is 1. The molecule has 0 radical (unpaired) electrons. The fourth-order valence-corrected chi connectivity index (χ4v) is 2.72. The highest BCUT2D eigenvalue weighted by molar-refractivity contribution is 5.93. The molecule has 0 aliphatic rings. The van der Waals surface area contributed by atoms with Crippen LogP contribution in [0.5, 0.6) is 17.2 Å². The number of amides is 1. The van der Waals surface area contributed by atoms with Gasteiger partial charge in [0.05, 0.1) is 13.2 Å². The minimum absolute atomic E-state index is 0.137. The second-order valence-corrected chi connectivity index (χ2v) is 6.40. The Morgan fingerprint density at radius 1 is 0.733 bits per heavy atom. The van der Waals surface area contributed by atoms with Crippen LogP contribution >= 0.6 is 0 Å². The number of anilines is 2. The molecule has 3 aromatic carbocycles. The van der Waals surface area contributed by atoms with Gasteiger partial charge in [-0.3, -0.25) is 4.79 Å². The normalized spacial score (nSPS) is 10.2. The maximum atomic E-state index is 12.2. The lowest BCUT2D eigenvalue weighted by Crippen LogP contribution is -2.21. The van der Waals surface area contributed by atoms with Gasteiger partial charge in [-0.1, -0.05) is 24.3 Å². The number of rotatable bonds is 11. The SMILES string of the molecule is CCOc1cccc(NC(=O)CNc2ccc(OCCOc3ccccc3)cc2)c1. The van der Waals surface area contributed by atoms with Gasteiger partial charge in [0.2, 0.25) is 5.91 Å². The molecule has 3 rings (SSSR count). The largest absolute Gasteiger partial charge is 0.494 e. The highest BCUT2D eigenvalue weighted by atomic mass is 16.5. The molecule has 0 heterocycles. The van der Waals surface area contributed by atoms with Crippen molar-refractivity contribution in [1.29, 1.82) is 0 Å². The van der Waals surface area contributed by atoms with Crippen LogP contribution < -0.4 is 24.8 Å². The van der Waals surface area contributed by atoms with E-state index in [1.165, 1.54) is 0 Å². The van der Waals surface area contributed by atoms with Gasteiger partial charge in [-0.2, -0.15) is 0 Å². The molecule has 30 heavy (non-hydrogen) atoms. The molecule has 6 nitrogen and oxygen atoms in total. The summed E-state index contributed by atoms with van der Waals surface area (Å²) in [6.07, 6.45) is 0. The Bertz CT molecular complexity index is 914. The predicted molar refractivity (Wildman–Crippen MR) is 119 cm³/mol. The lowest BCUT2D eigenvalue weighted by atomic mass is 10.3. The molecule has 0 bridgehead atoms. The summed E-state index contributed by atoms with van der Waals surface area (Å²) in [7, 11) is 0. The van der Waals surface area contributed by atoms with Crippen molar-refractivity contribution in [1.82, 2.24) is 0 Å². The fourth-order valence-electron chi connectivity index (χ4n) is 2.72. The average molecular weight is 406 g/mol. The maximum absolute atomic E-state index is 12.2. The Hall–Kier alpha value is -3.67. The zero-order valence-electron chi connectivity index (χ0n) is 17.0. The third-order valence-corrected chi connectivity index (χ3v) is 4.10. The first kappa shape index (κ1) is 21.0. The Morgan fingerprint density at radius 2 is 1.40 bits per heavy atom. The molecular weight excluding hydrogens is 380 g/mol. The highest BCUT2D eigenvalue weighted by Gasteiger charge is 2.04. The molecule has 0 atom stereocenters. The van der Waals surface area contributed by atoms with Crippen molar-refractivity contribution in [2.24, 2.45) is 0 Å². The maximum Gasteiger partial charge on any atom is 0.243 e. The monoisotopic (exact) mass is 406 g/mol. The van der Waals surface area contributed by atoms with Crippen molar-refractivity contribution in [2.75, 3.05) is 37.0 Å². The molecule has 0 saturated carbocycles. The zero-order chi connectivity index (χ0) is 21.0. The van der Waals surface area contributed by atoms with Gasteiger partial charge in [-0.25, -0.2) is 0 Å². The minimum Gasteiger partial charge on any atom is -0.494 e. The van der Waals surface area contributed by atoms with E-state index < -0.39 is 0 Å². The third-order valence-electron chi connectivity index (χ3n) is 4.10. The number of hydrogen-bond donors (Lipinski definition) is 2. The number of carbonyl (C=O) groups excluding carboxylic acids is 1. The lowest BCUT2D eigenvalue weighted by Gasteiger charge is -2.11. The molecule has 3 aromatic rings. The molecule has 156 valence electrons. The van der Waals surface area contributed by atoms with Crippen molar-refractivity contribution < 1.29 is 19.0 Å². The summed E-state index contributed by atoms with van der Waals surface area (Å²) in [5.74, 6) is 2.16. The topological polar surface area (TPSA) is 68.8 Å². The summed E-state index contributed by atoms with van der Waals surface area (Å²) < 4.78 is 16.7. The van der Waals surface area contributed by atoms with Crippen LogP contribution in [0.25, 0.3) is 0 Å².